The standard InChI is InChI=1S/C25H28N2O3/c1-29-18-10-11-21-20(16-18)19-8-5-9-22(23(19)26-21)27-24(28)25(12-14-30-15-13-25)17-6-3-2-4-7-17/h2-4,6-7,10-11,16,22,26H,5,8-9,12-15H2,1H3,(H,27,28)/t22-/m0/s1. The van der Waals surface area contributed by atoms with Crippen LogP contribution in [-0.2, 0) is 21.4 Å². The molecule has 5 rings (SSSR count). The highest BCUT2D eigenvalue weighted by atomic mass is 16.5. The van der Waals surface area contributed by atoms with Gasteiger partial charge in [0, 0.05) is 29.8 Å². The van der Waals surface area contributed by atoms with Crippen LogP contribution in [0.4, 0.5) is 0 Å². The number of aryl methyl sites for hydroxylation is 1. The fourth-order valence-corrected chi connectivity index (χ4v) is 5.13. The molecule has 2 N–H and O–H groups in total. The Morgan fingerprint density at radius 3 is 2.73 bits per heavy atom. The summed E-state index contributed by atoms with van der Waals surface area (Å²) >= 11 is 0. The van der Waals surface area contributed by atoms with E-state index in [0.29, 0.717) is 26.1 Å². The van der Waals surface area contributed by atoms with Gasteiger partial charge in [0.15, 0.2) is 0 Å². The number of methoxy groups -OCH3 is 1. The van der Waals surface area contributed by atoms with Crippen molar-refractivity contribution < 1.29 is 14.3 Å². The van der Waals surface area contributed by atoms with Gasteiger partial charge in [-0.25, -0.2) is 0 Å². The van der Waals surface area contributed by atoms with Crippen molar-refractivity contribution in [3.63, 3.8) is 0 Å². The third-order valence-electron chi connectivity index (χ3n) is 6.83. The maximum Gasteiger partial charge on any atom is 0.231 e. The number of H-pyrrole nitrogens is 1. The van der Waals surface area contributed by atoms with Crippen molar-refractivity contribution in [1.82, 2.24) is 10.3 Å². The molecule has 1 aromatic heterocycles. The summed E-state index contributed by atoms with van der Waals surface area (Å²) in [7, 11) is 1.69. The number of benzene rings is 2. The molecule has 2 aromatic carbocycles. The van der Waals surface area contributed by atoms with Gasteiger partial charge in [-0.05, 0) is 61.4 Å². The molecule has 1 amide bonds. The van der Waals surface area contributed by atoms with Crippen LogP contribution >= 0.6 is 0 Å². The molecule has 1 fully saturated rings. The van der Waals surface area contributed by atoms with Gasteiger partial charge in [0.2, 0.25) is 5.91 Å². The van der Waals surface area contributed by atoms with Crippen molar-refractivity contribution in [3.05, 3.63) is 65.4 Å². The molecule has 2 aliphatic rings. The van der Waals surface area contributed by atoms with Crippen LogP contribution in [0, 0.1) is 0 Å². The Hall–Kier alpha value is -2.79. The monoisotopic (exact) mass is 404 g/mol. The minimum Gasteiger partial charge on any atom is -0.497 e. The molecule has 3 aromatic rings. The fourth-order valence-electron chi connectivity index (χ4n) is 5.13. The maximum atomic E-state index is 13.7. The third-order valence-corrected chi connectivity index (χ3v) is 6.83. The number of nitrogens with one attached hydrogen (secondary N) is 2. The SMILES string of the molecule is COc1ccc2[nH]c3c(c2c1)CCC[C@@H]3NC(=O)C1(c2ccccc2)CCOCC1. The number of hydrogen-bond acceptors (Lipinski definition) is 3. The number of aromatic nitrogens is 1. The molecule has 0 radical (unpaired) electrons. The molecule has 0 unspecified atom stereocenters. The Kier molecular flexibility index (Phi) is 4.99. The molecule has 2 heterocycles. The first-order valence-electron chi connectivity index (χ1n) is 10.8. The van der Waals surface area contributed by atoms with E-state index >= 15 is 0 Å². The number of hydrogen-bond donors (Lipinski definition) is 2. The average Bonchev–Trinajstić information content (AvgIpc) is 3.19. The van der Waals surface area contributed by atoms with Crippen LogP contribution in [0.1, 0.15) is 48.5 Å². The molecule has 30 heavy (non-hydrogen) atoms. The zero-order chi connectivity index (χ0) is 20.6. The quantitative estimate of drug-likeness (QED) is 0.677. The lowest BCUT2D eigenvalue weighted by Gasteiger charge is -2.38. The largest absolute Gasteiger partial charge is 0.497 e. The maximum absolute atomic E-state index is 13.7. The van der Waals surface area contributed by atoms with Gasteiger partial charge in [-0.2, -0.15) is 0 Å². The Labute approximate surface area is 176 Å². The van der Waals surface area contributed by atoms with E-state index in [4.69, 9.17) is 9.47 Å². The predicted molar refractivity (Wildman–Crippen MR) is 117 cm³/mol. The average molecular weight is 405 g/mol. The summed E-state index contributed by atoms with van der Waals surface area (Å²) in [5.41, 5.74) is 4.12. The Morgan fingerprint density at radius 1 is 1.17 bits per heavy atom. The molecule has 0 bridgehead atoms. The number of ether oxygens (including phenoxy) is 2. The molecule has 1 aliphatic carbocycles. The van der Waals surface area contributed by atoms with Gasteiger partial charge in [-0.1, -0.05) is 30.3 Å². The van der Waals surface area contributed by atoms with E-state index in [1.165, 1.54) is 10.9 Å². The van der Waals surface area contributed by atoms with Crippen molar-refractivity contribution in [2.75, 3.05) is 20.3 Å². The van der Waals surface area contributed by atoms with Crippen LogP contribution in [0.2, 0.25) is 0 Å². The summed E-state index contributed by atoms with van der Waals surface area (Å²) < 4.78 is 11.0. The van der Waals surface area contributed by atoms with E-state index in [0.717, 1.165) is 41.8 Å². The van der Waals surface area contributed by atoms with E-state index in [1.54, 1.807) is 7.11 Å². The van der Waals surface area contributed by atoms with Crippen molar-refractivity contribution >= 4 is 16.8 Å². The molecule has 5 heteroatoms. The van der Waals surface area contributed by atoms with Crippen LogP contribution in [0.5, 0.6) is 5.75 Å². The van der Waals surface area contributed by atoms with Crippen LogP contribution in [0.3, 0.4) is 0 Å². The lowest BCUT2D eigenvalue weighted by atomic mass is 9.73. The smallest absolute Gasteiger partial charge is 0.231 e. The highest BCUT2D eigenvalue weighted by Crippen LogP contribution is 2.39. The highest BCUT2D eigenvalue weighted by molar-refractivity contribution is 5.90. The summed E-state index contributed by atoms with van der Waals surface area (Å²) in [6.07, 6.45) is 4.46. The molecule has 0 saturated carbocycles. The fraction of sp³-hybridized carbons (Fsp3) is 0.400. The van der Waals surface area contributed by atoms with Gasteiger partial charge >= 0.3 is 0 Å². The molecule has 1 aliphatic heterocycles. The number of aromatic amines is 1. The van der Waals surface area contributed by atoms with Crippen molar-refractivity contribution in [2.24, 2.45) is 0 Å². The van der Waals surface area contributed by atoms with Gasteiger partial charge in [0.25, 0.3) is 0 Å². The van der Waals surface area contributed by atoms with E-state index in [-0.39, 0.29) is 11.9 Å². The Bertz CT molecular complexity index is 1050. The van der Waals surface area contributed by atoms with Gasteiger partial charge in [0.05, 0.1) is 18.6 Å². The number of amides is 1. The van der Waals surface area contributed by atoms with E-state index in [9.17, 15) is 4.79 Å². The molecule has 0 spiro atoms. The number of rotatable bonds is 4. The second kappa shape index (κ2) is 7.80. The second-order valence-corrected chi connectivity index (χ2v) is 8.41. The first kappa shape index (κ1) is 19.2. The van der Waals surface area contributed by atoms with Crippen LogP contribution < -0.4 is 10.1 Å². The summed E-state index contributed by atoms with van der Waals surface area (Å²) in [4.78, 5) is 17.3. The third kappa shape index (κ3) is 3.18. The van der Waals surface area contributed by atoms with Gasteiger partial charge in [0.1, 0.15) is 5.75 Å². The first-order chi connectivity index (χ1) is 14.7. The van der Waals surface area contributed by atoms with Crippen LogP contribution in [0.15, 0.2) is 48.5 Å². The van der Waals surface area contributed by atoms with Crippen molar-refractivity contribution in [1.29, 1.82) is 0 Å². The Balaban J connectivity index is 1.48. The van der Waals surface area contributed by atoms with Gasteiger partial charge in [-0.15, -0.1) is 0 Å². The van der Waals surface area contributed by atoms with Crippen molar-refractivity contribution in [3.8, 4) is 5.75 Å². The molecule has 5 nitrogen and oxygen atoms in total. The predicted octanol–water partition coefficient (Wildman–Crippen LogP) is 4.42. The number of carbonyl (C=O) groups excluding carboxylic acids is 1. The van der Waals surface area contributed by atoms with Gasteiger partial charge in [-0.3, -0.25) is 4.79 Å². The minimum atomic E-state index is -0.521. The lowest BCUT2D eigenvalue weighted by Crippen LogP contribution is -2.49. The second-order valence-electron chi connectivity index (χ2n) is 8.41. The topological polar surface area (TPSA) is 63.3 Å². The number of fused-ring (bicyclic) bond motifs is 3. The lowest BCUT2D eigenvalue weighted by molar-refractivity contribution is -0.131. The van der Waals surface area contributed by atoms with Crippen LogP contribution in [0.25, 0.3) is 10.9 Å². The molecule has 156 valence electrons. The number of carbonyl (C=O) groups is 1. The Morgan fingerprint density at radius 2 is 1.97 bits per heavy atom. The van der Waals surface area contributed by atoms with Gasteiger partial charge < -0.3 is 19.8 Å². The van der Waals surface area contributed by atoms with E-state index < -0.39 is 5.41 Å². The first-order valence-corrected chi connectivity index (χ1v) is 10.8. The summed E-state index contributed by atoms with van der Waals surface area (Å²) in [5.74, 6) is 0.979. The molecule has 1 saturated heterocycles. The molecular weight excluding hydrogens is 376 g/mol. The van der Waals surface area contributed by atoms with E-state index in [2.05, 4.69) is 34.6 Å². The normalized spacial score (nSPS) is 20.5. The summed E-state index contributed by atoms with van der Waals surface area (Å²) in [6, 6.07) is 16.3. The highest BCUT2D eigenvalue weighted by Gasteiger charge is 2.43. The molecule has 1 atom stereocenters. The zero-order valence-electron chi connectivity index (χ0n) is 17.4. The summed E-state index contributed by atoms with van der Waals surface area (Å²) in [5, 5.41) is 4.62. The van der Waals surface area contributed by atoms with Crippen molar-refractivity contribution in [2.45, 2.75) is 43.6 Å². The van der Waals surface area contributed by atoms with Crippen LogP contribution in [-0.4, -0.2) is 31.2 Å². The van der Waals surface area contributed by atoms with E-state index in [1.807, 2.05) is 24.3 Å². The molecular formula is C25H28N2O3. The zero-order valence-corrected chi connectivity index (χ0v) is 17.4. The summed E-state index contributed by atoms with van der Waals surface area (Å²) in [6.45, 7) is 1.23. The minimum absolute atomic E-state index is 0.00285.